The van der Waals surface area contributed by atoms with Gasteiger partial charge in [-0.2, -0.15) is 0 Å². The van der Waals surface area contributed by atoms with E-state index in [1.165, 1.54) is 6.08 Å². The van der Waals surface area contributed by atoms with Gasteiger partial charge in [0.05, 0.1) is 5.52 Å². The minimum absolute atomic E-state index is 0.254. The molecule has 5 rings (SSSR count). The minimum Gasteiger partial charge on any atom is -0.369 e. The van der Waals surface area contributed by atoms with Gasteiger partial charge < -0.3 is 15.5 Å². The molecule has 194 valence electrons. The fourth-order valence-corrected chi connectivity index (χ4v) is 4.80. The molecule has 2 heterocycles. The van der Waals surface area contributed by atoms with E-state index >= 15 is 0 Å². The molecule has 38 heavy (non-hydrogen) atoms. The van der Waals surface area contributed by atoms with Crippen LogP contribution in [0.5, 0.6) is 0 Å². The molecule has 0 saturated carbocycles. The van der Waals surface area contributed by atoms with Crippen LogP contribution in [0.15, 0.2) is 79.5 Å². The van der Waals surface area contributed by atoms with Crippen molar-refractivity contribution in [3.05, 3.63) is 85.1 Å². The number of alkyl halides is 1. The minimum atomic E-state index is -0.293. The molecule has 0 spiro atoms. The second kappa shape index (κ2) is 11.4. The molecule has 8 heteroatoms. The number of hydrogen-bond acceptors (Lipinski definition) is 6. The molecule has 0 atom stereocenters. The topological polar surface area (TPSA) is 73.4 Å². The van der Waals surface area contributed by atoms with Crippen LogP contribution in [-0.4, -0.2) is 60.2 Å². The normalized spacial score (nSPS) is 13.9. The third kappa shape index (κ3) is 5.65. The van der Waals surface area contributed by atoms with Crippen molar-refractivity contribution in [3.63, 3.8) is 0 Å². The number of halogens is 1. The van der Waals surface area contributed by atoms with Crippen LogP contribution < -0.4 is 15.5 Å². The van der Waals surface area contributed by atoms with E-state index in [0.717, 1.165) is 65.1 Å². The van der Waals surface area contributed by atoms with Crippen LogP contribution in [0.2, 0.25) is 0 Å². The molecule has 1 saturated heterocycles. The molecular weight excluding hydrogens is 479 g/mol. The standard InChI is InChI=1S/C30H31FN6O/c1-3-27(38)33-25-6-4-5-22(19-25)28-21(2)7-8-23-20-32-30(35-29(23)28)34-24-9-11-26(12-10-24)37-17-15-36(14-13-31)16-18-37/h3-12,19-20H,1,13-18H2,2H3,(H,33,38)(H,32,34,35). The lowest BCUT2D eigenvalue weighted by atomic mass is 9.97. The first-order valence-corrected chi connectivity index (χ1v) is 12.7. The zero-order valence-electron chi connectivity index (χ0n) is 21.5. The smallest absolute Gasteiger partial charge is 0.247 e. The summed E-state index contributed by atoms with van der Waals surface area (Å²) in [6.07, 6.45) is 3.07. The van der Waals surface area contributed by atoms with Gasteiger partial charge in [0, 0.05) is 66.9 Å². The van der Waals surface area contributed by atoms with E-state index in [1.54, 1.807) is 0 Å². The molecule has 1 aromatic heterocycles. The third-order valence-electron chi connectivity index (χ3n) is 6.83. The summed E-state index contributed by atoms with van der Waals surface area (Å²) in [4.78, 5) is 25.7. The van der Waals surface area contributed by atoms with Crippen LogP contribution in [0.3, 0.4) is 0 Å². The number of anilines is 4. The van der Waals surface area contributed by atoms with Gasteiger partial charge in [-0.15, -0.1) is 0 Å². The van der Waals surface area contributed by atoms with Crippen LogP contribution in [0.25, 0.3) is 22.0 Å². The molecule has 4 aromatic rings. The maximum Gasteiger partial charge on any atom is 0.247 e. The van der Waals surface area contributed by atoms with Crippen molar-refractivity contribution in [2.45, 2.75) is 6.92 Å². The van der Waals surface area contributed by atoms with E-state index in [1.807, 2.05) is 48.7 Å². The average molecular weight is 511 g/mol. The fraction of sp³-hybridized carbons (Fsp3) is 0.233. The maximum atomic E-state index is 12.6. The quantitative estimate of drug-likeness (QED) is 0.302. The van der Waals surface area contributed by atoms with E-state index in [9.17, 15) is 9.18 Å². The molecule has 0 bridgehead atoms. The highest BCUT2D eigenvalue weighted by Gasteiger charge is 2.17. The Hall–Kier alpha value is -4.30. The molecule has 1 fully saturated rings. The lowest BCUT2D eigenvalue weighted by Gasteiger charge is -2.35. The predicted octanol–water partition coefficient (Wildman–Crippen LogP) is 5.56. The Bertz CT molecular complexity index is 1450. The molecule has 7 nitrogen and oxygen atoms in total. The molecule has 1 aliphatic rings. The Labute approximate surface area is 222 Å². The van der Waals surface area contributed by atoms with Gasteiger partial charge >= 0.3 is 0 Å². The summed E-state index contributed by atoms with van der Waals surface area (Å²) in [7, 11) is 0. The number of aryl methyl sites for hydroxylation is 1. The molecule has 0 unspecified atom stereocenters. The molecule has 2 N–H and O–H groups in total. The number of benzene rings is 3. The highest BCUT2D eigenvalue weighted by Crippen LogP contribution is 2.33. The summed E-state index contributed by atoms with van der Waals surface area (Å²) in [5.41, 5.74) is 6.59. The van der Waals surface area contributed by atoms with Gasteiger partial charge in [-0.05, 0) is 60.5 Å². The maximum absolute atomic E-state index is 12.6. The Kier molecular flexibility index (Phi) is 7.60. The summed E-state index contributed by atoms with van der Waals surface area (Å²) < 4.78 is 12.6. The van der Waals surface area contributed by atoms with Crippen LogP contribution in [0.1, 0.15) is 5.56 Å². The number of rotatable bonds is 8. The SMILES string of the molecule is C=CC(=O)Nc1cccc(-c2c(C)ccc3cnc(Nc4ccc(N5CCN(CCF)CC5)cc4)nc23)c1. The summed E-state index contributed by atoms with van der Waals surface area (Å²) in [5, 5.41) is 7.09. The van der Waals surface area contributed by atoms with E-state index < -0.39 is 0 Å². The number of piperazine rings is 1. The van der Waals surface area contributed by atoms with Crippen molar-refractivity contribution < 1.29 is 9.18 Å². The lowest BCUT2D eigenvalue weighted by molar-refractivity contribution is -0.111. The van der Waals surface area contributed by atoms with Crippen LogP contribution >= 0.6 is 0 Å². The van der Waals surface area contributed by atoms with Gasteiger partial charge in [-0.1, -0.05) is 30.8 Å². The first-order chi connectivity index (χ1) is 18.5. The average Bonchev–Trinajstić information content (AvgIpc) is 2.94. The largest absolute Gasteiger partial charge is 0.369 e. The third-order valence-corrected chi connectivity index (χ3v) is 6.83. The molecular formula is C30H31FN6O. The number of carbonyl (C=O) groups is 1. The highest BCUT2D eigenvalue weighted by atomic mass is 19.1. The Morgan fingerprint density at radius 2 is 1.84 bits per heavy atom. The van der Waals surface area contributed by atoms with Gasteiger partial charge in [0.1, 0.15) is 6.67 Å². The van der Waals surface area contributed by atoms with E-state index in [-0.39, 0.29) is 12.6 Å². The molecule has 0 aliphatic carbocycles. The van der Waals surface area contributed by atoms with E-state index in [0.29, 0.717) is 18.2 Å². The molecule has 1 amide bonds. The van der Waals surface area contributed by atoms with Crippen molar-refractivity contribution >= 4 is 39.8 Å². The van der Waals surface area contributed by atoms with Crippen LogP contribution in [-0.2, 0) is 4.79 Å². The zero-order valence-corrected chi connectivity index (χ0v) is 21.5. The molecule has 3 aromatic carbocycles. The number of amides is 1. The lowest BCUT2D eigenvalue weighted by Crippen LogP contribution is -2.47. The van der Waals surface area contributed by atoms with Crippen LogP contribution in [0.4, 0.5) is 27.4 Å². The number of aromatic nitrogens is 2. The van der Waals surface area contributed by atoms with Crippen molar-refractivity contribution in [1.82, 2.24) is 14.9 Å². The predicted molar refractivity (Wildman–Crippen MR) is 153 cm³/mol. The van der Waals surface area contributed by atoms with Crippen molar-refractivity contribution in [1.29, 1.82) is 0 Å². The molecule has 0 radical (unpaired) electrons. The summed E-state index contributed by atoms with van der Waals surface area (Å²) in [6, 6.07) is 20.0. The van der Waals surface area contributed by atoms with Crippen molar-refractivity contribution in [3.8, 4) is 11.1 Å². The van der Waals surface area contributed by atoms with Gasteiger partial charge in [-0.25, -0.2) is 14.4 Å². The number of nitrogens with one attached hydrogen (secondary N) is 2. The second-order valence-electron chi connectivity index (χ2n) is 9.35. The fourth-order valence-electron chi connectivity index (χ4n) is 4.80. The van der Waals surface area contributed by atoms with Gasteiger partial charge in [0.25, 0.3) is 0 Å². The Balaban J connectivity index is 1.37. The highest BCUT2D eigenvalue weighted by molar-refractivity contribution is 6.00. The molecule has 1 aliphatic heterocycles. The Morgan fingerprint density at radius 3 is 2.58 bits per heavy atom. The zero-order chi connectivity index (χ0) is 26.5. The van der Waals surface area contributed by atoms with Crippen molar-refractivity contribution in [2.75, 3.05) is 54.9 Å². The van der Waals surface area contributed by atoms with Crippen LogP contribution in [0, 0.1) is 6.92 Å². The monoisotopic (exact) mass is 510 g/mol. The second-order valence-corrected chi connectivity index (χ2v) is 9.35. The number of hydrogen-bond donors (Lipinski definition) is 2. The number of carbonyl (C=O) groups excluding carboxylic acids is 1. The van der Waals surface area contributed by atoms with E-state index in [4.69, 9.17) is 4.98 Å². The summed E-state index contributed by atoms with van der Waals surface area (Å²) >= 11 is 0. The van der Waals surface area contributed by atoms with Gasteiger partial charge in [-0.3, -0.25) is 9.69 Å². The number of nitrogens with zero attached hydrogens (tertiary/aromatic N) is 4. The van der Waals surface area contributed by atoms with Gasteiger partial charge in [0.2, 0.25) is 11.9 Å². The first kappa shape index (κ1) is 25.4. The van der Waals surface area contributed by atoms with E-state index in [2.05, 4.69) is 57.1 Å². The Morgan fingerprint density at radius 1 is 1.05 bits per heavy atom. The summed E-state index contributed by atoms with van der Waals surface area (Å²) in [5.74, 6) is 0.253. The first-order valence-electron chi connectivity index (χ1n) is 12.7. The number of fused-ring (bicyclic) bond motifs is 1. The summed E-state index contributed by atoms with van der Waals surface area (Å²) in [6.45, 7) is 9.33. The van der Waals surface area contributed by atoms with Crippen molar-refractivity contribution in [2.24, 2.45) is 0 Å². The van der Waals surface area contributed by atoms with Gasteiger partial charge in [0.15, 0.2) is 0 Å².